The zero-order valence-corrected chi connectivity index (χ0v) is 19.4. The lowest BCUT2D eigenvalue weighted by molar-refractivity contribution is -0.893. The molecule has 2 fully saturated rings. The summed E-state index contributed by atoms with van der Waals surface area (Å²) in [6, 6.07) is 0. The molecule has 172 valence electrons. The van der Waals surface area contributed by atoms with Gasteiger partial charge in [-0.15, -0.1) is 11.3 Å². The summed E-state index contributed by atoms with van der Waals surface area (Å²) >= 11 is 2.50. The highest BCUT2D eigenvalue weighted by Gasteiger charge is 2.58. The fourth-order valence-corrected chi connectivity index (χ4v) is 6.87. The Kier molecular flexibility index (Phi) is 5.90. The number of carboxylic acid groups (broad SMARTS) is 1. The molecule has 2 saturated heterocycles. The second-order valence-corrected chi connectivity index (χ2v) is 10.5. The number of nitrogens with two attached hydrogens (primary N) is 1. The number of hydrogen-bond donors (Lipinski definition) is 3. The summed E-state index contributed by atoms with van der Waals surface area (Å²) in [5.74, 6) is -2.03. The van der Waals surface area contributed by atoms with Gasteiger partial charge in [0.2, 0.25) is 5.91 Å². The number of nitrogen functional groups attached to an aromatic ring is 1. The molecule has 4 heterocycles. The standard InChI is InChI=1S/C19H24N6O5S2/c1-25(5-3-4-6-25)9-11-16(17(28)29)24-14(27)7-15(24)32-19(11,12-10-31-18(20)22-12)23-13(26)8-21-30-2/h8,10,15H,3-7,9H2,1-2H3,(H3-,20,22,23,26,28,29)/p+1/b21-8-/t15-,19?/m0/s1. The Balaban J connectivity index is 1.92. The van der Waals surface area contributed by atoms with Crippen molar-refractivity contribution in [3.05, 3.63) is 22.3 Å². The molecule has 3 aliphatic rings. The van der Waals surface area contributed by atoms with Crippen LogP contribution in [0.2, 0.25) is 0 Å². The van der Waals surface area contributed by atoms with Gasteiger partial charge in [-0.3, -0.25) is 14.5 Å². The van der Waals surface area contributed by atoms with Gasteiger partial charge in [-0.1, -0.05) is 16.9 Å². The first-order valence-electron chi connectivity index (χ1n) is 10.1. The summed E-state index contributed by atoms with van der Waals surface area (Å²) < 4.78 is 0.600. The number of carbonyl (C=O) groups is 3. The van der Waals surface area contributed by atoms with E-state index in [1.807, 2.05) is 0 Å². The number of thiazole rings is 1. The average Bonchev–Trinajstić information content (AvgIpc) is 3.36. The van der Waals surface area contributed by atoms with E-state index in [-0.39, 0.29) is 18.0 Å². The van der Waals surface area contributed by atoms with Crippen LogP contribution in [0.25, 0.3) is 0 Å². The molecule has 0 aromatic carbocycles. The highest BCUT2D eigenvalue weighted by molar-refractivity contribution is 8.01. The first-order valence-corrected chi connectivity index (χ1v) is 11.9. The van der Waals surface area contributed by atoms with Crippen molar-refractivity contribution in [2.45, 2.75) is 29.5 Å². The Hall–Kier alpha value is -2.64. The van der Waals surface area contributed by atoms with Crippen LogP contribution in [-0.2, 0) is 24.1 Å². The molecule has 2 atom stereocenters. The number of fused-ring (bicyclic) bond motifs is 1. The normalized spacial score (nSPS) is 26.8. The Morgan fingerprint density at radius 1 is 1.50 bits per heavy atom. The van der Waals surface area contributed by atoms with Crippen molar-refractivity contribution in [2.75, 3.05) is 39.5 Å². The van der Waals surface area contributed by atoms with Crippen molar-refractivity contribution in [1.82, 2.24) is 15.2 Å². The number of carbonyl (C=O) groups excluding carboxylic acids is 2. The monoisotopic (exact) mass is 481 g/mol. The van der Waals surface area contributed by atoms with Gasteiger partial charge < -0.3 is 25.5 Å². The smallest absolute Gasteiger partial charge is 0.352 e. The first-order chi connectivity index (χ1) is 15.2. The minimum atomic E-state index is -1.32. The van der Waals surface area contributed by atoms with Crippen molar-refractivity contribution in [3.8, 4) is 0 Å². The number of aromatic nitrogens is 1. The van der Waals surface area contributed by atoms with E-state index in [0.29, 0.717) is 27.4 Å². The molecular weight excluding hydrogens is 456 g/mol. The number of amides is 2. The topological polar surface area (TPSA) is 147 Å². The van der Waals surface area contributed by atoms with Crippen LogP contribution in [0, 0.1) is 0 Å². The van der Waals surface area contributed by atoms with Crippen LogP contribution in [0.1, 0.15) is 25.0 Å². The number of carboxylic acids is 1. The maximum Gasteiger partial charge on any atom is 0.352 e. The number of hydrogen-bond acceptors (Lipinski definition) is 9. The number of quaternary nitrogens is 1. The largest absolute Gasteiger partial charge is 0.477 e. The van der Waals surface area contributed by atoms with Crippen LogP contribution in [-0.4, -0.2) is 82.6 Å². The van der Waals surface area contributed by atoms with E-state index < -0.39 is 22.1 Å². The molecule has 0 radical (unpaired) electrons. The van der Waals surface area contributed by atoms with Crippen LogP contribution in [0.15, 0.2) is 21.8 Å². The van der Waals surface area contributed by atoms with Crippen LogP contribution in [0.4, 0.5) is 5.13 Å². The Morgan fingerprint density at radius 3 is 2.78 bits per heavy atom. The van der Waals surface area contributed by atoms with Crippen LogP contribution in [0.5, 0.6) is 0 Å². The molecule has 1 aromatic heterocycles. The van der Waals surface area contributed by atoms with Gasteiger partial charge in [0.15, 0.2) is 10.0 Å². The molecule has 3 aliphatic heterocycles. The van der Waals surface area contributed by atoms with Crippen LogP contribution >= 0.6 is 23.1 Å². The molecule has 0 spiro atoms. The zero-order valence-electron chi connectivity index (χ0n) is 17.7. The molecule has 0 saturated carbocycles. The van der Waals surface area contributed by atoms with Crippen molar-refractivity contribution in [1.29, 1.82) is 0 Å². The molecular formula is C19H25N6O5S2+. The number of thioether (sulfide) groups is 1. The number of likely N-dealkylation sites (tertiary alicyclic amines) is 1. The summed E-state index contributed by atoms with van der Waals surface area (Å²) in [6.45, 7) is 2.07. The van der Waals surface area contributed by atoms with Crippen molar-refractivity contribution in [2.24, 2.45) is 5.16 Å². The number of anilines is 1. The van der Waals surface area contributed by atoms with Crippen LogP contribution < -0.4 is 11.1 Å². The van der Waals surface area contributed by atoms with E-state index in [2.05, 4.69) is 27.3 Å². The van der Waals surface area contributed by atoms with Gasteiger partial charge in [-0.25, -0.2) is 9.78 Å². The number of nitrogens with zero attached hydrogens (tertiary/aromatic N) is 4. The second-order valence-electron chi connectivity index (χ2n) is 8.26. The van der Waals surface area contributed by atoms with Crippen molar-refractivity contribution in [3.63, 3.8) is 0 Å². The van der Waals surface area contributed by atoms with Crippen molar-refractivity contribution >= 4 is 52.2 Å². The third-order valence-electron chi connectivity index (χ3n) is 6.02. The third kappa shape index (κ3) is 3.84. The van der Waals surface area contributed by atoms with E-state index in [4.69, 9.17) is 5.73 Å². The fraction of sp³-hybridized carbons (Fsp3) is 0.526. The maximum absolute atomic E-state index is 12.8. The summed E-state index contributed by atoms with van der Waals surface area (Å²) in [5.41, 5.74) is 6.69. The van der Waals surface area contributed by atoms with E-state index in [9.17, 15) is 19.5 Å². The Labute approximate surface area is 192 Å². The lowest BCUT2D eigenvalue weighted by atomic mass is 9.95. The average molecular weight is 482 g/mol. The summed E-state index contributed by atoms with van der Waals surface area (Å²) in [4.78, 5) is 46.8. The molecule has 4 N–H and O–H groups in total. The summed E-state index contributed by atoms with van der Waals surface area (Å²) in [7, 11) is 3.38. The number of β-lactam (4-membered cyclic amide) rings is 1. The predicted molar refractivity (Wildman–Crippen MR) is 119 cm³/mol. The molecule has 13 heteroatoms. The molecule has 0 aliphatic carbocycles. The SMILES string of the molecule is CO/N=C\C(=O)NC1(c2csc(N)n2)S[C@H]2CC(=O)N2C(C(=O)O)=C1C[N+]1(C)CCCC1. The minimum Gasteiger partial charge on any atom is -0.477 e. The van der Waals surface area contributed by atoms with Gasteiger partial charge >= 0.3 is 5.97 Å². The van der Waals surface area contributed by atoms with Gasteiger partial charge in [-0.05, 0) is 0 Å². The van der Waals surface area contributed by atoms with Gasteiger partial charge in [0, 0.05) is 18.2 Å². The molecule has 2 amide bonds. The van der Waals surface area contributed by atoms with Crippen molar-refractivity contribution < 1.29 is 28.8 Å². The maximum atomic E-state index is 12.8. The van der Waals surface area contributed by atoms with E-state index in [1.54, 1.807) is 5.38 Å². The molecule has 11 nitrogen and oxygen atoms in total. The van der Waals surface area contributed by atoms with E-state index in [0.717, 1.165) is 32.1 Å². The Morgan fingerprint density at radius 2 is 2.22 bits per heavy atom. The van der Waals surface area contributed by atoms with Gasteiger partial charge in [0.1, 0.15) is 25.6 Å². The minimum absolute atomic E-state index is 0.0909. The van der Waals surface area contributed by atoms with Crippen LogP contribution in [0.3, 0.4) is 0 Å². The lowest BCUT2D eigenvalue weighted by Gasteiger charge is -2.52. The second kappa shape index (κ2) is 8.37. The third-order valence-corrected chi connectivity index (χ3v) is 8.25. The number of nitrogens with one attached hydrogen (secondary N) is 1. The van der Waals surface area contributed by atoms with E-state index in [1.165, 1.54) is 35.1 Å². The number of aliphatic carboxylic acids is 1. The number of oxime groups is 1. The first kappa shape index (κ1) is 22.6. The van der Waals surface area contributed by atoms with E-state index >= 15 is 0 Å². The fourth-order valence-electron chi connectivity index (χ4n) is 4.53. The van der Waals surface area contributed by atoms with Gasteiger partial charge in [0.05, 0.1) is 43.2 Å². The lowest BCUT2D eigenvalue weighted by Crippen LogP contribution is -2.63. The summed E-state index contributed by atoms with van der Waals surface area (Å²) in [6.07, 6.45) is 3.20. The van der Waals surface area contributed by atoms with Gasteiger partial charge in [0.25, 0.3) is 5.91 Å². The number of likely N-dealkylation sites (N-methyl/N-ethyl adjacent to an activating group) is 1. The predicted octanol–water partition coefficient (Wildman–Crippen LogP) is 0.511. The molecule has 1 aromatic rings. The highest BCUT2D eigenvalue weighted by Crippen LogP contribution is 2.54. The zero-order chi connectivity index (χ0) is 23.1. The Bertz CT molecular complexity index is 1020. The molecule has 4 rings (SSSR count). The molecule has 0 bridgehead atoms. The molecule has 32 heavy (non-hydrogen) atoms. The quantitative estimate of drug-likeness (QED) is 0.221. The summed E-state index contributed by atoms with van der Waals surface area (Å²) in [5, 5.41) is 18.2. The number of rotatable bonds is 7. The van der Waals surface area contributed by atoms with Gasteiger partial charge in [-0.2, -0.15) is 0 Å². The molecule has 1 unspecified atom stereocenters. The highest BCUT2D eigenvalue weighted by atomic mass is 32.2.